The van der Waals surface area contributed by atoms with Crippen molar-refractivity contribution in [2.24, 2.45) is 0 Å². The molecule has 0 radical (unpaired) electrons. The highest BCUT2D eigenvalue weighted by molar-refractivity contribution is 6.04. The predicted molar refractivity (Wildman–Crippen MR) is 66.1 cm³/mol. The Kier molecular flexibility index (Phi) is 3.41. The van der Waals surface area contributed by atoms with Crippen molar-refractivity contribution in [3.63, 3.8) is 0 Å². The van der Waals surface area contributed by atoms with Crippen molar-refractivity contribution in [2.75, 3.05) is 5.32 Å². The Morgan fingerprint density at radius 3 is 2.42 bits per heavy atom. The van der Waals surface area contributed by atoms with Crippen molar-refractivity contribution in [3.8, 4) is 0 Å². The molecule has 2 rings (SSSR count). The molecule has 0 saturated heterocycles. The van der Waals surface area contributed by atoms with E-state index in [1.165, 1.54) is 12.1 Å². The second-order valence-corrected chi connectivity index (χ2v) is 3.97. The van der Waals surface area contributed by atoms with Crippen LogP contribution in [0.15, 0.2) is 35.1 Å². The van der Waals surface area contributed by atoms with Crippen LogP contribution in [0.3, 0.4) is 0 Å². The normalized spacial score (nSPS) is 10.3. The third kappa shape index (κ3) is 2.85. The van der Waals surface area contributed by atoms with E-state index in [0.717, 1.165) is 18.2 Å². The van der Waals surface area contributed by atoms with Gasteiger partial charge < -0.3 is 10.3 Å². The predicted octanol–water partition coefficient (Wildman–Crippen LogP) is 2.21. The van der Waals surface area contributed by atoms with Gasteiger partial charge >= 0.3 is 0 Å². The summed E-state index contributed by atoms with van der Waals surface area (Å²) in [5.41, 5.74) is -0.486. The van der Waals surface area contributed by atoms with E-state index in [9.17, 15) is 18.4 Å². The number of hydrogen-bond acceptors (Lipinski definition) is 2. The maximum Gasteiger partial charge on any atom is 0.256 e. The van der Waals surface area contributed by atoms with Gasteiger partial charge in [0.15, 0.2) is 0 Å². The van der Waals surface area contributed by atoms with Crippen molar-refractivity contribution in [3.05, 3.63) is 63.6 Å². The number of benzene rings is 1. The number of carbonyl (C=O) groups excluding carboxylic acids is 1. The number of aromatic amines is 1. The number of carbonyl (C=O) groups is 1. The number of halogens is 2. The van der Waals surface area contributed by atoms with Gasteiger partial charge in [-0.05, 0) is 25.1 Å². The molecule has 0 aliphatic carbocycles. The lowest BCUT2D eigenvalue weighted by atomic mass is 10.2. The van der Waals surface area contributed by atoms with Gasteiger partial charge in [0.2, 0.25) is 5.56 Å². The van der Waals surface area contributed by atoms with E-state index in [4.69, 9.17) is 0 Å². The third-order valence-electron chi connectivity index (χ3n) is 2.44. The molecule has 1 heterocycles. The molecule has 1 aromatic heterocycles. The zero-order valence-corrected chi connectivity index (χ0v) is 9.96. The summed E-state index contributed by atoms with van der Waals surface area (Å²) in [6, 6.07) is 5.72. The molecular formula is C13H10F2N2O2. The second-order valence-electron chi connectivity index (χ2n) is 3.97. The van der Waals surface area contributed by atoms with E-state index in [2.05, 4.69) is 10.3 Å². The summed E-state index contributed by atoms with van der Waals surface area (Å²) in [5.74, 6) is -2.51. The molecule has 2 N–H and O–H groups in total. The highest BCUT2D eigenvalue weighted by Crippen LogP contribution is 2.18. The number of H-pyrrole nitrogens is 1. The van der Waals surface area contributed by atoms with E-state index in [1.54, 1.807) is 6.92 Å². The topological polar surface area (TPSA) is 62.0 Å². The fourth-order valence-corrected chi connectivity index (χ4v) is 1.62. The van der Waals surface area contributed by atoms with Crippen LogP contribution in [-0.2, 0) is 0 Å². The molecule has 0 fully saturated rings. The third-order valence-corrected chi connectivity index (χ3v) is 2.44. The quantitative estimate of drug-likeness (QED) is 0.873. The van der Waals surface area contributed by atoms with Crippen molar-refractivity contribution in [2.45, 2.75) is 6.92 Å². The number of para-hydroxylation sites is 1. The summed E-state index contributed by atoms with van der Waals surface area (Å²) in [6.45, 7) is 1.60. The maximum atomic E-state index is 13.4. The van der Waals surface area contributed by atoms with Crippen LogP contribution in [-0.4, -0.2) is 10.9 Å². The van der Waals surface area contributed by atoms with Gasteiger partial charge in [0.1, 0.15) is 17.3 Å². The molecule has 2 aromatic rings. The molecule has 0 bridgehead atoms. The first-order valence-electron chi connectivity index (χ1n) is 5.43. The average Bonchev–Trinajstić information content (AvgIpc) is 2.32. The van der Waals surface area contributed by atoms with Crippen LogP contribution in [0.2, 0.25) is 0 Å². The van der Waals surface area contributed by atoms with E-state index < -0.39 is 28.8 Å². The first-order chi connectivity index (χ1) is 8.97. The van der Waals surface area contributed by atoms with Crippen LogP contribution in [0, 0.1) is 18.6 Å². The molecule has 1 amide bonds. The van der Waals surface area contributed by atoms with Crippen molar-refractivity contribution >= 4 is 11.6 Å². The van der Waals surface area contributed by atoms with Gasteiger partial charge in [0, 0.05) is 17.3 Å². The number of hydrogen-bond donors (Lipinski definition) is 2. The lowest BCUT2D eigenvalue weighted by molar-refractivity contribution is 0.102. The molecule has 0 unspecified atom stereocenters. The SMILES string of the molecule is Cc1cc(C(=O)Nc2c(F)cccc2F)cc(=O)[nH]1. The average molecular weight is 264 g/mol. The molecule has 0 aliphatic heterocycles. The maximum absolute atomic E-state index is 13.4. The van der Waals surface area contributed by atoms with E-state index in [1.807, 2.05) is 0 Å². The largest absolute Gasteiger partial charge is 0.326 e. The zero-order chi connectivity index (χ0) is 14.0. The van der Waals surface area contributed by atoms with E-state index in [-0.39, 0.29) is 5.56 Å². The molecule has 4 nitrogen and oxygen atoms in total. The van der Waals surface area contributed by atoms with E-state index >= 15 is 0 Å². The van der Waals surface area contributed by atoms with Crippen LogP contribution >= 0.6 is 0 Å². The molecule has 19 heavy (non-hydrogen) atoms. The van der Waals surface area contributed by atoms with E-state index in [0.29, 0.717) is 5.69 Å². The molecule has 6 heteroatoms. The molecular weight excluding hydrogens is 254 g/mol. The molecule has 98 valence electrons. The summed E-state index contributed by atoms with van der Waals surface area (Å²) in [4.78, 5) is 25.5. The van der Waals surface area contributed by atoms with Gasteiger partial charge in [-0.2, -0.15) is 0 Å². The minimum Gasteiger partial charge on any atom is -0.326 e. The lowest BCUT2D eigenvalue weighted by Crippen LogP contribution is -2.18. The molecule has 0 saturated carbocycles. The van der Waals surface area contributed by atoms with Crippen LogP contribution in [0.1, 0.15) is 16.1 Å². The Morgan fingerprint density at radius 1 is 1.21 bits per heavy atom. The molecule has 0 atom stereocenters. The first-order valence-corrected chi connectivity index (χ1v) is 5.43. The number of pyridine rings is 1. The Bertz CT molecular complexity index is 675. The minimum absolute atomic E-state index is 0.0314. The summed E-state index contributed by atoms with van der Waals surface area (Å²) >= 11 is 0. The Labute approximate surface area is 107 Å². The number of amides is 1. The van der Waals surface area contributed by atoms with Gasteiger partial charge in [0.25, 0.3) is 5.91 Å². The Balaban J connectivity index is 2.33. The highest BCUT2D eigenvalue weighted by atomic mass is 19.1. The molecule has 0 aliphatic rings. The lowest BCUT2D eigenvalue weighted by Gasteiger charge is -2.07. The van der Waals surface area contributed by atoms with Gasteiger partial charge in [-0.15, -0.1) is 0 Å². The molecule has 1 aromatic carbocycles. The fourth-order valence-electron chi connectivity index (χ4n) is 1.62. The summed E-state index contributed by atoms with van der Waals surface area (Å²) in [5, 5.41) is 2.11. The van der Waals surface area contributed by atoms with Gasteiger partial charge in [-0.1, -0.05) is 6.07 Å². The van der Waals surface area contributed by atoms with Crippen LogP contribution in [0.4, 0.5) is 14.5 Å². The second kappa shape index (κ2) is 5.01. The number of anilines is 1. The summed E-state index contributed by atoms with van der Waals surface area (Å²) in [6.07, 6.45) is 0. The Morgan fingerprint density at radius 2 is 1.84 bits per heavy atom. The smallest absolute Gasteiger partial charge is 0.256 e. The van der Waals surface area contributed by atoms with Gasteiger partial charge in [-0.3, -0.25) is 9.59 Å². The number of nitrogens with one attached hydrogen (secondary N) is 2. The highest BCUT2D eigenvalue weighted by Gasteiger charge is 2.13. The zero-order valence-electron chi connectivity index (χ0n) is 9.96. The Hall–Kier alpha value is -2.50. The van der Waals surface area contributed by atoms with Crippen molar-refractivity contribution in [1.29, 1.82) is 0 Å². The van der Waals surface area contributed by atoms with Crippen molar-refractivity contribution in [1.82, 2.24) is 4.98 Å². The summed E-state index contributed by atoms with van der Waals surface area (Å²) in [7, 11) is 0. The van der Waals surface area contributed by atoms with Gasteiger partial charge in [-0.25, -0.2) is 8.78 Å². The fraction of sp³-hybridized carbons (Fsp3) is 0.0769. The first kappa shape index (κ1) is 12.9. The van der Waals surface area contributed by atoms with Crippen LogP contribution in [0.5, 0.6) is 0 Å². The van der Waals surface area contributed by atoms with Crippen LogP contribution < -0.4 is 10.9 Å². The molecule has 0 spiro atoms. The van der Waals surface area contributed by atoms with Crippen LogP contribution in [0.25, 0.3) is 0 Å². The number of aryl methyl sites for hydroxylation is 1. The standard InChI is InChI=1S/C13H10F2N2O2/c1-7-5-8(6-11(18)16-7)13(19)17-12-9(14)3-2-4-10(12)15/h2-6H,1H3,(H,16,18)(H,17,19). The number of rotatable bonds is 2. The van der Waals surface area contributed by atoms with Crippen molar-refractivity contribution < 1.29 is 13.6 Å². The number of aromatic nitrogens is 1. The van der Waals surface area contributed by atoms with Gasteiger partial charge in [0.05, 0.1) is 0 Å². The minimum atomic E-state index is -0.880. The monoisotopic (exact) mass is 264 g/mol. The summed E-state index contributed by atoms with van der Waals surface area (Å²) < 4.78 is 26.7.